The molecule has 20 heavy (non-hydrogen) atoms. The molecule has 0 aliphatic rings. The van der Waals surface area contributed by atoms with E-state index in [1.807, 2.05) is 6.92 Å². The number of hydrogen-bond acceptors (Lipinski definition) is 2. The highest BCUT2D eigenvalue weighted by atomic mass is 79.9. The van der Waals surface area contributed by atoms with Crippen LogP contribution in [0.4, 0.5) is 13.2 Å². The fourth-order valence-corrected chi connectivity index (χ4v) is 1.70. The molecule has 1 aromatic carbocycles. The molecule has 0 aliphatic carbocycles. The second-order valence-electron chi connectivity index (χ2n) is 4.37. The number of amides is 1. The number of benzene rings is 1. The van der Waals surface area contributed by atoms with E-state index < -0.39 is 6.36 Å². The van der Waals surface area contributed by atoms with Crippen molar-refractivity contribution in [1.82, 2.24) is 4.90 Å². The van der Waals surface area contributed by atoms with Gasteiger partial charge in [0, 0.05) is 24.0 Å². The van der Waals surface area contributed by atoms with Crippen molar-refractivity contribution in [3.8, 4) is 5.75 Å². The molecule has 0 radical (unpaired) electrons. The minimum absolute atomic E-state index is 0.239. The van der Waals surface area contributed by atoms with E-state index in [0.29, 0.717) is 16.9 Å². The maximum absolute atomic E-state index is 12.0. The van der Waals surface area contributed by atoms with Gasteiger partial charge in [-0.15, -0.1) is 13.2 Å². The van der Waals surface area contributed by atoms with E-state index >= 15 is 0 Å². The number of carbonyl (C=O) groups excluding carboxylic acids is 1. The van der Waals surface area contributed by atoms with E-state index in [4.69, 9.17) is 0 Å². The second kappa shape index (κ2) is 6.97. The third kappa shape index (κ3) is 5.81. The molecule has 0 fully saturated rings. The van der Waals surface area contributed by atoms with Crippen LogP contribution in [-0.2, 0) is 0 Å². The van der Waals surface area contributed by atoms with Gasteiger partial charge in [-0.05, 0) is 30.7 Å². The van der Waals surface area contributed by atoms with Gasteiger partial charge in [-0.25, -0.2) is 0 Å². The van der Waals surface area contributed by atoms with Gasteiger partial charge in [-0.3, -0.25) is 4.79 Å². The van der Waals surface area contributed by atoms with Crippen molar-refractivity contribution in [3.63, 3.8) is 0 Å². The molecule has 1 unspecified atom stereocenters. The van der Waals surface area contributed by atoms with Crippen LogP contribution in [0, 0.1) is 0 Å². The molecule has 0 aromatic heterocycles. The van der Waals surface area contributed by atoms with Crippen molar-refractivity contribution in [1.29, 1.82) is 0 Å². The van der Waals surface area contributed by atoms with E-state index in [2.05, 4.69) is 20.7 Å². The molecule has 1 amide bonds. The SMILES string of the molecule is CC(Br)CCN(C)C(=O)c1ccc(OC(F)(F)F)cc1. The van der Waals surface area contributed by atoms with E-state index in [1.54, 1.807) is 7.05 Å². The predicted octanol–water partition coefficient (Wildman–Crippen LogP) is 3.83. The van der Waals surface area contributed by atoms with Crippen LogP contribution >= 0.6 is 15.9 Å². The highest BCUT2D eigenvalue weighted by Gasteiger charge is 2.31. The topological polar surface area (TPSA) is 29.5 Å². The molecule has 0 bridgehead atoms. The number of ether oxygens (including phenoxy) is 1. The highest BCUT2D eigenvalue weighted by molar-refractivity contribution is 9.09. The molecule has 0 aliphatic heterocycles. The van der Waals surface area contributed by atoms with Gasteiger partial charge in [0.2, 0.25) is 0 Å². The minimum atomic E-state index is -4.73. The van der Waals surface area contributed by atoms with Crippen LogP contribution < -0.4 is 4.74 Å². The summed E-state index contributed by atoms with van der Waals surface area (Å²) < 4.78 is 39.8. The number of rotatable bonds is 5. The van der Waals surface area contributed by atoms with Gasteiger partial charge >= 0.3 is 6.36 Å². The maximum atomic E-state index is 12.0. The first-order valence-electron chi connectivity index (χ1n) is 5.94. The second-order valence-corrected chi connectivity index (χ2v) is 5.93. The monoisotopic (exact) mass is 353 g/mol. The first-order valence-corrected chi connectivity index (χ1v) is 6.86. The van der Waals surface area contributed by atoms with Gasteiger partial charge in [0.05, 0.1) is 0 Å². The van der Waals surface area contributed by atoms with Crippen molar-refractivity contribution in [2.24, 2.45) is 0 Å². The summed E-state index contributed by atoms with van der Waals surface area (Å²) in [4.78, 5) is 13.8. The molecule has 7 heteroatoms. The van der Waals surface area contributed by atoms with Crippen molar-refractivity contribution < 1.29 is 22.7 Å². The molecule has 0 spiro atoms. The number of carbonyl (C=O) groups is 1. The van der Waals surface area contributed by atoms with Crippen LogP contribution in [0.3, 0.4) is 0 Å². The van der Waals surface area contributed by atoms with E-state index in [1.165, 1.54) is 17.0 Å². The van der Waals surface area contributed by atoms with Crippen molar-refractivity contribution >= 4 is 21.8 Å². The third-order valence-corrected chi connectivity index (χ3v) is 3.00. The normalized spacial score (nSPS) is 12.9. The van der Waals surface area contributed by atoms with Crippen LogP contribution in [0.15, 0.2) is 24.3 Å². The lowest BCUT2D eigenvalue weighted by Gasteiger charge is -2.18. The summed E-state index contributed by atoms with van der Waals surface area (Å²) in [6.45, 7) is 2.54. The molecule has 0 heterocycles. The van der Waals surface area contributed by atoms with E-state index in [9.17, 15) is 18.0 Å². The van der Waals surface area contributed by atoms with Crippen molar-refractivity contribution in [3.05, 3.63) is 29.8 Å². The Morgan fingerprint density at radius 1 is 1.35 bits per heavy atom. The molecule has 1 rings (SSSR count). The third-order valence-electron chi connectivity index (χ3n) is 2.54. The molecule has 3 nitrogen and oxygen atoms in total. The zero-order chi connectivity index (χ0) is 15.3. The standard InChI is InChI=1S/C13H15BrF3NO2/c1-9(14)7-8-18(2)12(19)10-3-5-11(6-4-10)20-13(15,16)17/h3-6,9H,7-8H2,1-2H3. The molecular weight excluding hydrogens is 339 g/mol. The minimum Gasteiger partial charge on any atom is -0.406 e. The Labute approximate surface area is 123 Å². The Hall–Kier alpha value is -1.24. The summed E-state index contributed by atoms with van der Waals surface area (Å²) in [5.41, 5.74) is 0.323. The first-order chi connectivity index (χ1) is 9.19. The molecule has 0 saturated heterocycles. The average molecular weight is 354 g/mol. The van der Waals surface area contributed by atoms with Crippen molar-refractivity contribution in [2.75, 3.05) is 13.6 Å². The quantitative estimate of drug-likeness (QED) is 0.753. The lowest BCUT2D eigenvalue weighted by atomic mass is 10.2. The van der Waals surface area contributed by atoms with Crippen LogP contribution in [-0.4, -0.2) is 35.6 Å². The summed E-state index contributed by atoms with van der Waals surface area (Å²) in [6.07, 6.45) is -3.94. The largest absolute Gasteiger partial charge is 0.573 e. The molecule has 1 aromatic rings. The van der Waals surface area contributed by atoms with E-state index in [-0.39, 0.29) is 11.7 Å². The Balaban J connectivity index is 2.65. The van der Waals surface area contributed by atoms with Crippen molar-refractivity contribution in [2.45, 2.75) is 24.5 Å². The van der Waals surface area contributed by atoms with Gasteiger partial charge in [-0.2, -0.15) is 0 Å². The summed E-state index contributed by atoms with van der Waals surface area (Å²) in [5.74, 6) is -0.581. The smallest absolute Gasteiger partial charge is 0.406 e. The highest BCUT2D eigenvalue weighted by Crippen LogP contribution is 2.23. The molecule has 0 saturated carbocycles. The maximum Gasteiger partial charge on any atom is 0.573 e. The van der Waals surface area contributed by atoms with Gasteiger partial charge in [0.15, 0.2) is 0 Å². The molecule has 1 atom stereocenters. The summed E-state index contributed by atoms with van der Waals surface area (Å²) >= 11 is 3.38. The van der Waals surface area contributed by atoms with Crippen LogP contribution in [0.25, 0.3) is 0 Å². The lowest BCUT2D eigenvalue weighted by Crippen LogP contribution is -2.28. The Morgan fingerprint density at radius 3 is 2.35 bits per heavy atom. The molecule has 112 valence electrons. The summed E-state index contributed by atoms with van der Waals surface area (Å²) in [6, 6.07) is 4.89. The number of nitrogens with zero attached hydrogens (tertiary/aromatic N) is 1. The summed E-state index contributed by atoms with van der Waals surface area (Å²) in [7, 11) is 1.65. The fraction of sp³-hybridized carbons (Fsp3) is 0.462. The van der Waals surface area contributed by atoms with E-state index in [0.717, 1.165) is 18.6 Å². The number of alkyl halides is 4. The number of halogens is 4. The van der Waals surface area contributed by atoms with Gasteiger partial charge in [0.25, 0.3) is 5.91 Å². The predicted molar refractivity (Wildman–Crippen MR) is 73.1 cm³/mol. The van der Waals surface area contributed by atoms with Crippen LogP contribution in [0.1, 0.15) is 23.7 Å². The Bertz CT molecular complexity index is 446. The lowest BCUT2D eigenvalue weighted by molar-refractivity contribution is -0.274. The zero-order valence-corrected chi connectivity index (χ0v) is 12.7. The number of hydrogen-bond donors (Lipinski definition) is 0. The van der Waals surface area contributed by atoms with Gasteiger partial charge in [0.1, 0.15) is 5.75 Å². The van der Waals surface area contributed by atoms with Crippen LogP contribution in [0.2, 0.25) is 0 Å². The Morgan fingerprint density at radius 2 is 1.90 bits per heavy atom. The zero-order valence-electron chi connectivity index (χ0n) is 11.1. The first kappa shape index (κ1) is 16.8. The molecule has 0 N–H and O–H groups in total. The van der Waals surface area contributed by atoms with Crippen LogP contribution in [0.5, 0.6) is 5.75 Å². The fourth-order valence-electron chi connectivity index (χ4n) is 1.49. The average Bonchev–Trinajstić information content (AvgIpc) is 2.34. The van der Waals surface area contributed by atoms with Gasteiger partial charge in [-0.1, -0.05) is 22.9 Å². The van der Waals surface area contributed by atoms with Gasteiger partial charge < -0.3 is 9.64 Å². The Kier molecular flexibility index (Phi) is 5.86. The molecular formula is C13H15BrF3NO2. The summed E-state index contributed by atoms with van der Waals surface area (Å²) in [5, 5.41) is 0.